The molecule has 124 valence electrons. The zero-order valence-corrected chi connectivity index (χ0v) is 13.7. The first kappa shape index (κ1) is 15.6. The van der Waals surface area contributed by atoms with Crippen molar-refractivity contribution >= 4 is 11.7 Å². The van der Waals surface area contributed by atoms with E-state index in [0.717, 1.165) is 18.5 Å². The lowest BCUT2D eigenvalue weighted by Crippen LogP contribution is -2.41. The van der Waals surface area contributed by atoms with Crippen molar-refractivity contribution in [1.82, 2.24) is 19.5 Å². The Balaban J connectivity index is 1.68. The number of amides is 1. The minimum Gasteiger partial charge on any atom is -0.444 e. The molecule has 1 fully saturated rings. The van der Waals surface area contributed by atoms with E-state index in [2.05, 4.69) is 10.1 Å². The van der Waals surface area contributed by atoms with Crippen LogP contribution in [0.2, 0.25) is 0 Å². The molecule has 0 atom stereocenters. The summed E-state index contributed by atoms with van der Waals surface area (Å²) in [6.45, 7) is 6.82. The average molecular weight is 318 g/mol. The molecule has 7 nitrogen and oxygen atoms in total. The molecule has 0 spiro atoms. The topological polar surface area (TPSA) is 79.7 Å². The third-order valence-corrected chi connectivity index (χ3v) is 3.97. The van der Waals surface area contributed by atoms with E-state index in [4.69, 9.17) is 4.74 Å². The molecular weight excluding hydrogens is 296 g/mol. The fraction of sp³-hybridized carbons (Fsp3) is 0.562. The van der Waals surface area contributed by atoms with Gasteiger partial charge < -0.3 is 9.64 Å². The lowest BCUT2D eigenvalue weighted by atomic mass is 9.93. The number of hydrogen-bond acceptors (Lipinski definition) is 4. The molecule has 0 radical (unpaired) electrons. The summed E-state index contributed by atoms with van der Waals surface area (Å²) in [5.41, 5.74) is 0.842. The van der Waals surface area contributed by atoms with Crippen LogP contribution in [0.1, 0.15) is 45.2 Å². The third-order valence-electron chi connectivity index (χ3n) is 3.97. The second-order valence-electron chi connectivity index (χ2n) is 6.92. The molecule has 1 saturated heterocycles. The lowest BCUT2D eigenvalue weighted by Gasteiger charge is -2.33. The van der Waals surface area contributed by atoms with E-state index in [-0.39, 0.29) is 17.6 Å². The number of nitrogens with one attached hydrogen (secondary N) is 1. The molecule has 0 aromatic carbocycles. The molecule has 1 aliphatic heterocycles. The number of piperidine rings is 1. The maximum absolute atomic E-state index is 12.1. The van der Waals surface area contributed by atoms with Crippen LogP contribution in [0.15, 0.2) is 23.1 Å². The summed E-state index contributed by atoms with van der Waals surface area (Å²) in [5, 5.41) is 2.83. The largest absolute Gasteiger partial charge is 0.444 e. The maximum Gasteiger partial charge on any atom is 0.410 e. The van der Waals surface area contributed by atoms with Gasteiger partial charge in [-0.1, -0.05) is 0 Å². The van der Waals surface area contributed by atoms with E-state index < -0.39 is 5.60 Å². The van der Waals surface area contributed by atoms with Crippen molar-refractivity contribution in [1.29, 1.82) is 0 Å². The number of fused-ring (bicyclic) bond motifs is 1. The Bertz CT molecular complexity index is 763. The van der Waals surface area contributed by atoms with E-state index in [9.17, 15) is 9.59 Å². The molecule has 3 heterocycles. The van der Waals surface area contributed by atoms with Gasteiger partial charge in [-0.25, -0.2) is 14.3 Å². The van der Waals surface area contributed by atoms with Crippen molar-refractivity contribution < 1.29 is 9.53 Å². The molecule has 1 aliphatic rings. The summed E-state index contributed by atoms with van der Waals surface area (Å²) in [6.07, 6.45) is 2.99. The fourth-order valence-electron chi connectivity index (χ4n) is 2.84. The number of likely N-dealkylation sites (tertiary alicyclic amines) is 1. The molecule has 2 aromatic heterocycles. The van der Waals surface area contributed by atoms with Gasteiger partial charge in [-0.05, 0) is 33.6 Å². The van der Waals surface area contributed by atoms with Gasteiger partial charge in [-0.2, -0.15) is 0 Å². The first-order chi connectivity index (χ1) is 10.8. The number of rotatable bonds is 1. The molecule has 0 aliphatic carbocycles. The predicted octanol–water partition coefficient (Wildman–Crippen LogP) is 2.14. The van der Waals surface area contributed by atoms with Gasteiger partial charge in [0.1, 0.15) is 5.60 Å². The van der Waals surface area contributed by atoms with Gasteiger partial charge in [-0.15, -0.1) is 0 Å². The Morgan fingerprint density at radius 1 is 1.35 bits per heavy atom. The molecule has 0 saturated carbocycles. The SMILES string of the molecule is CC(C)(C)OC(=O)N1CCC(c2cc(=O)n3[nH]ccc3n2)CC1. The molecule has 2 aromatic rings. The monoisotopic (exact) mass is 318 g/mol. The summed E-state index contributed by atoms with van der Waals surface area (Å²) in [7, 11) is 0. The van der Waals surface area contributed by atoms with Gasteiger partial charge in [0, 0.05) is 37.3 Å². The maximum atomic E-state index is 12.1. The number of carbonyl (C=O) groups is 1. The van der Waals surface area contributed by atoms with Gasteiger partial charge in [0.05, 0.1) is 5.69 Å². The molecular formula is C16H22N4O3. The Morgan fingerprint density at radius 2 is 2.04 bits per heavy atom. The van der Waals surface area contributed by atoms with Gasteiger partial charge in [0.15, 0.2) is 5.65 Å². The van der Waals surface area contributed by atoms with E-state index in [1.807, 2.05) is 20.8 Å². The molecule has 1 amide bonds. The Hall–Kier alpha value is -2.31. The molecule has 7 heteroatoms. The van der Waals surface area contributed by atoms with E-state index in [1.165, 1.54) is 4.52 Å². The molecule has 0 bridgehead atoms. The van der Waals surface area contributed by atoms with Crippen molar-refractivity contribution in [3.05, 3.63) is 34.4 Å². The second kappa shape index (κ2) is 5.72. The van der Waals surface area contributed by atoms with Crippen LogP contribution in [0.25, 0.3) is 5.65 Å². The summed E-state index contributed by atoms with van der Waals surface area (Å²) in [6, 6.07) is 3.36. The summed E-state index contributed by atoms with van der Waals surface area (Å²) in [5.74, 6) is 0.196. The normalized spacial score (nSPS) is 16.7. The molecule has 0 unspecified atom stereocenters. The Morgan fingerprint density at radius 3 is 2.70 bits per heavy atom. The highest BCUT2D eigenvalue weighted by atomic mass is 16.6. The number of carbonyl (C=O) groups excluding carboxylic acids is 1. The molecule has 3 rings (SSSR count). The second-order valence-corrected chi connectivity index (χ2v) is 6.92. The summed E-state index contributed by atoms with van der Waals surface area (Å²) >= 11 is 0. The average Bonchev–Trinajstić information content (AvgIpc) is 2.94. The number of hydrogen-bond donors (Lipinski definition) is 1. The number of ether oxygens (including phenoxy) is 1. The van der Waals surface area contributed by atoms with Crippen molar-refractivity contribution in [2.75, 3.05) is 13.1 Å². The minimum absolute atomic E-state index is 0.107. The van der Waals surface area contributed by atoms with Crippen LogP contribution in [-0.4, -0.2) is 44.3 Å². The van der Waals surface area contributed by atoms with Crippen LogP contribution in [-0.2, 0) is 4.74 Å². The number of H-pyrrole nitrogens is 1. The lowest BCUT2D eigenvalue weighted by molar-refractivity contribution is 0.0204. The van der Waals surface area contributed by atoms with Gasteiger partial charge in [0.2, 0.25) is 0 Å². The van der Waals surface area contributed by atoms with Gasteiger partial charge >= 0.3 is 6.09 Å². The van der Waals surface area contributed by atoms with Gasteiger partial charge in [0.25, 0.3) is 5.56 Å². The third kappa shape index (κ3) is 3.38. The van der Waals surface area contributed by atoms with E-state index in [0.29, 0.717) is 18.7 Å². The predicted molar refractivity (Wildman–Crippen MR) is 85.6 cm³/mol. The highest BCUT2D eigenvalue weighted by molar-refractivity contribution is 5.68. The fourth-order valence-corrected chi connectivity index (χ4v) is 2.84. The Labute approximate surface area is 134 Å². The smallest absolute Gasteiger partial charge is 0.410 e. The first-order valence-electron chi connectivity index (χ1n) is 7.88. The van der Waals surface area contributed by atoms with Crippen LogP contribution in [0, 0.1) is 0 Å². The van der Waals surface area contributed by atoms with Crippen molar-refractivity contribution in [3.8, 4) is 0 Å². The zero-order valence-electron chi connectivity index (χ0n) is 13.7. The Kier molecular flexibility index (Phi) is 3.87. The highest BCUT2D eigenvalue weighted by Crippen LogP contribution is 2.27. The molecule has 1 N–H and O–H groups in total. The van der Waals surface area contributed by atoms with Crippen LogP contribution in [0.3, 0.4) is 0 Å². The highest BCUT2D eigenvalue weighted by Gasteiger charge is 2.28. The van der Waals surface area contributed by atoms with Crippen molar-refractivity contribution in [3.63, 3.8) is 0 Å². The summed E-state index contributed by atoms with van der Waals surface area (Å²) in [4.78, 5) is 30.4. The van der Waals surface area contributed by atoms with Crippen molar-refractivity contribution in [2.24, 2.45) is 0 Å². The number of aromatic nitrogens is 3. The van der Waals surface area contributed by atoms with Crippen LogP contribution in [0.5, 0.6) is 0 Å². The minimum atomic E-state index is -0.483. The van der Waals surface area contributed by atoms with Crippen LogP contribution < -0.4 is 5.56 Å². The number of nitrogens with zero attached hydrogens (tertiary/aromatic N) is 3. The van der Waals surface area contributed by atoms with Gasteiger partial charge in [-0.3, -0.25) is 9.89 Å². The van der Waals surface area contributed by atoms with E-state index in [1.54, 1.807) is 23.2 Å². The van der Waals surface area contributed by atoms with E-state index >= 15 is 0 Å². The zero-order chi connectivity index (χ0) is 16.6. The van der Waals surface area contributed by atoms with Crippen molar-refractivity contribution in [2.45, 2.75) is 45.1 Å². The standard InChI is InChI=1S/C16H22N4O3/c1-16(2,3)23-15(22)19-8-5-11(6-9-19)12-10-14(21)20-13(18-12)4-7-17-20/h4,7,10-11,17H,5-6,8-9H2,1-3H3. The quantitative estimate of drug-likeness (QED) is 0.873. The summed E-state index contributed by atoms with van der Waals surface area (Å²) < 4.78 is 6.81. The number of aromatic amines is 1. The first-order valence-corrected chi connectivity index (χ1v) is 7.88. The van der Waals surface area contributed by atoms with Crippen LogP contribution in [0.4, 0.5) is 4.79 Å². The molecule has 23 heavy (non-hydrogen) atoms. The van der Waals surface area contributed by atoms with Crippen LogP contribution >= 0.6 is 0 Å².